The van der Waals surface area contributed by atoms with Crippen molar-refractivity contribution in [2.45, 2.75) is 6.92 Å². The van der Waals surface area contributed by atoms with Crippen molar-refractivity contribution < 1.29 is 0 Å². The largest absolute Gasteiger partial charge is 0.311 e. The SMILES string of the molecule is Cc1cc(-c2ccc(-n3c4ccccc4c4cc(-c5ccc(N(c6ccccc6)c6ccccc6)cc5)ccc43)cc2)ccc1-c1cc(-c2ccccc2)nc(-c2ccccc2)n1. The molecule has 0 atom stereocenters. The van der Waals surface area contributed by atoms with Gasteiger partial charge in [0.15, 0.2) is 5.82 Å². The molecule has 0 N–H and O–H groups in total. The maximum atomic E-state index is 5.09. The lowest BCUT2D eigenvalue weighted by Gasteiger charge is -2.25. The quantitative estimate of drug-likeness (QED) is 0.146. The number of nitrogens with zero attached hydrogens (tertiary/aromatic N) is 4. The van der Waals surface area contributed by atoms with Crippen molar-refractivity contribution in [3.8, 4) is 61.8 Å². The number of para-hydroxylation sites is 3. The summed E-state index contributed by atoms with van der Waals surface area (Å²) in [6.45, 7) is 2.17. The highest BCUT2D eigenvalue weighted by molar-refractivity contribution is 6.10. The second-order valence-electron chi connectivity index (χ2n) is 15.9. The molecule has 2 heterocycles. The van der Waals surface area contributed by atoms with Crippen LogP contribution < -0.4 is 4.90 Å². The van der Waals surface area contributed by atoms with Crippen LogP contribution in [0, 0.1) is 6.92 Å². The number of hydrogen-bond acceptors (Lipinski definition) is 3. The van der Waals surface area contributed by atoms with E-state index in [1.54, 1.807) is 0 Å². The summed E-state index contributed by atoms with van der Waals surface area (Å²) in [7, 11) is 0. The smallest absolute Gasteiger partial charge is 0.160 e. The van der Waals surface area contributed by atoms with E-state index in [0.29, 0.717) is 0 Å². The molecule has 0 aliphatic carbocycles. The van der Waals surface area contributed by atoms with Crippen LogP contribution in [-0.2, 0) is 0 Å². The van der Waals surface area contributed by atoms with Crippen LogP contribution in [0.2, 0.25) is 0 Å². The van der Waals surface area contributed by atoms with Gasteiger partial charge in [-0.1, -0.05) is 164 Å². The highest BCUT2D eigenvalue weighted by Gasteiger charge is 2.17. The molecule has 0 bridgehead atoms. The van der Waals surface area contributed by atoms with Crippen molar-refractivity contribution in [3.05, 3.63) is 242 Å². The van der Waals surface area contributed by atoms with Crippen molar-refractivity contribution in [3.63, 3.8) is 0 Å². The van der Waals surface area contributed by atoms with Crippen molar-refractivity contribution in [2.75, 3.05) is 4.90 Å². The van der Waals surface area contributed by atoms with Crippen LogP contribution in [0.4, 0.5) is 17.1 Å². The van der Waals surface area contributed by atoms with Crippen LogP contribution in [0.5, 0.6) is 0 Å². The van der Waals surface area contributed by atoms with Gasteiger partial charge < -0.3 is 9.47 Å². The van der Waals surface area contributed by atoms with Crippen LogP contribution in [0.1, 0.15) is 5.56 Å². The van der Waals surface area contributed by atoms with E-state index in [2.05, 4.69) is 229 Å². The lowest BCUT2D eigenvalue weighted by Crippen LogP contribution is -2.09. The van der Waals surface area contributed by atoms with Gasteiger partial charge in [0.25, 0.3) is 0 Å². The molecular formula is C59H42N4. The van der Waals surface area contributed by atoms with E-state index in [9.17, 15) is 0 Å². The molecule has 0 saturated heterocycles. The van der Waals surface area contributed by atoms with Gasteiger partial charge in [0.2, 0.25) is 0 Å². The number of aryl methyl sites for hydroxylation is 1. The Balaban J connectivity index is 0.905. The molecule has 0 aliphatic heterocycles. The Morgan fingerprint density at radius 2 is 0.841 bits per heavy atom. The van der Waals surface area contributed by atoms with Crippen LogP contribution in [0.25, 0.3) is 83.6 Å². The van der Waals surface area contributed by atoms with Crippen molar-refractivity contribution >= 4 is 38.9 Å². The Labute approximate surface area is 367 Å². The number of aromatic nitrogens is 3. The molecule has 63 heavy (non-hydrogen) atoms. The molecule has 11 rings (SSSR count). The fourth-order valence-corrected chi connectivity index (χ4v) is 8.83. The molecule has 9 aromatic carbocycles. The monoisotopic (exact) mass is 806 g/mol. The van der Waals surface area contributed by atoms with Crippen molar-refractivity contribution in [2.24, 2.45) is 0 Å². The number of rotatable bonds is 9. The molecule has 11 aromatic rings. The Hall–Kier alpha value is -8.34. The number of anilines is 3. The van der Waals surface area contributed by atoms with Gasteiger partial charge in [-0.15, -0.1) is 0 Å². The first-order chi connectivity index (χ1) is 31.1. The predicted octanol–water partition coefficient (Wildman–Crippen LogP) is 15.7. The minimum atomic E-state index is 0.719. The molecule has 0 unspecified atom stereocenters. The molecular weight excluding hydrogens is 765 g/mol. The highest BCUT2D eigenvalue weighted by Crippen LogP contribution is 2.39. The first kappa shape index (κ1) is 37.6. The molecule has 0 radical (unpaired) electrons. The molecule has 0 amide bonds. The third-order valence-corrected chi connectivity index (χ3v) is 11.9. The molecule has 2 aromatic heterocycles. The topological polar surface area (TPSA) is 34.0 Å². The predicted molar refractivity (Wildman–Crippen MR) is 263 cm³/mol. The first-order valence-corrected chi connectivity index (χ1v) is 21.4. The van der Waals surface area contributed by atoms with Crippen molar-refractivity contribution in [1.82, 2.24) is 14.5 Å². The summed E-state index contributed by atoms with van der Waals surface area (Å²) in [6, 6.07) is 83.9. The second kappa shape index (κ2) is 16.3. The molecule has 298 valence electrons. The van der Waals surface area contributed by atoms with Crippen LogP contribution in [0.15, 0.2) is 237 Å². The summed E-state index contributed by atoms with van der Waals surface area (Å²) in [5.74, 6) is 0.719. The summed E-state index contributed by atoms with van der Waals surface area (Å²) in [5, 5.41) is 2.46. The molecule has 0 aliphatic rings. The summed E-state index contributed by atoms with van der Waals surface area (Å²) in [5.41, 5.74) is 17.7. The van der Waals surface area contributed by atoms with E-state index in [-0.39, 0.29) is 0 Å². The molecule has 4 nitrogen and oxygen atoms in total. The Morgan fingerprint density at radius 1 is 0.349 bits per heavy atom. The Kier molecular flexibility index (Phi) is 9.72. The van der Waals surface area contributed by atoms with Gasteiger partial charge >= 0.3 is 0 Å². The first-order valence-electron chi connectivity index (χ1n) is 21.4. The molecule has 4 heteroatoms. The number of hydrogen-bond donors (Lipinski definition) is 0. The fourth-order valence-electron chi connectivity index (χ4n) is 8.83. The zero-order valence-electron chi connectivity index (χ0n) is 34.8. The minimum absolute atomic E-state index is 0.719. The van der Waals surface area contributed by atoms with Crippen molar-refractivity contribution in [1.29, 1.82) is 0 Å². The van der Waals surface area contributed by atoms with E-state index in [4.69, 9.17) is 9.97 Å². The fraction of sp³-hybridized carbons (Fsp3) is 0.0169. The lowest BCUT2D eigenvalue weighted by atomic mass is 9.97. The molecule has 0 fully saturated rings. The zero-order chi connectivity index (χ0) is 42.1. The second-order valence-corrected chi connectivity index (χ2v) is 15.9. The van der Waals surface area contributed by atoms with Gasteiger partial charge in [-0.25, -0.2) is 9.97 Å². The summed E-state index contributed by atoms with van der Waals surface area (Å²) >= 11 is 0. The zero-order valence-corrected chi connectivity index (χ0v) is 34.8. The van der Waals surface area contributed by atoms with Gasteiger partial charge in [0.1, 0.15) is 0 Å². The third-order valence-electron chi connectivity index (χ3n) is 11.9. The highest BCUT2D eigenvalue weighted by atomic mass is 15.1. The number of benzene rings is 9. The number of fused-ring (bicyclic) bond motifs is 3. The van der Waals surface area contributed by atoms with E-state index in [1.165, 1.54) is 32.9 Å². The lowest BCUT2D eigenvalue weighted by molar-refractivity contribution is 1.18. The van der Waals surface area contributed by atoms with Gasteiger partial charge in [0, 0.05) is 50.2 Å². The Bertz CT molecular complexity index is 3260. The average molecular weight is 807 g/mol. The van der Waals surface area contributed by atoms with Crippen LogP contribution in [0.3, 0.4) is 0 Å². The minimum Gasteiger partial charge on any atom is -0.311 e. The van der Waals surface area contributed by atoms with E-state index in [0.717, 1.165) is 73.3 Å². The van der Waals surface area contributed by atoms with E-state index >= 15 is 0 Å². The van der Waals surface area contributed by atoms with Crippen LogP contribution >= 0.6 is 0 Å². The third kappa shape index (κ3) is 7.24. The Morgan fingerprint density at radius 3 is 1.49 bits per heavy atom. The maximum Gasteiger partial charge on any atom is 0.160 e. The summed E-state index contributed by atoms with van der Waals surface area (Å²) in [6.07, 6.45) is 0. The standard InChI is InChI=1S/C59H42N4/c1-41-38-46(30-36-52(41)56-40-55(44-16-6-2-7-17-44)60-59(61-56)45-18-8-3-9-19-45)42-28-34-51(35-29-42)63-57-25-15-14-24-53(57)54-39-47(31-37-58(54)63)43-26-32-50(33-27-43)62(48-20-10-4-11-21-48)49-22-12-5-13-23-49/h2-40H,1H3. The summed E-state index contributed by atoms with van der Waals surface area (Å²) in [4.78, 5) is 12.4. The maximum absolute atomic E-state index is 5.09. The molecule has 0 spiro atoms. The summed E-state index contributed by atoms with van der Waals surface area (Å²) < 4.78 is 2.39. The van der Waals surface area contributed by atoms with Gasteiger partial charge in [-0.3, -0.25) is 0 Å². The van der Waals surface area contributed by atoms with Gasteiger partial charge in [-0.05, 0) is 108 Å². The average Bonchev–Trinajstić information content (AvgIpc) is 3.69. The van der Waals surface area contributed by atoms with E-state index in [1.807, 2.05) is 24.3 Å². The van der Waals surface area contributed by atoms with Crippen LogP contribution in [-0.4, -0.2) is 14.5 Å². The van der Waals surface area contributed by atoms with Gasteiger partial charge in [0.05, 0.1) is 22.4 Å². The van der Waals surface area contributed by atoms with Gasteiger partial charge in [-0.2, -0.15) is 0 Å². The molecule has 0 saturated carbocycles. The normalized spacial score (nSPS) is 11.3. The van der Waals surface area contributed by atoms with E-state index < -0.39 is 0 Å².